The molecule has 3 atom stereocenters. The number of rotatable bonds is 4. The Kier molecular flexibility index (Phi) is 6.09. The first-order valence-electron chi connectivity index (χ1n) is 10.6. The van der Waals surface area contributed by atoms with E-state index >= 15 is 0 Å². The molecule has 1 spiro atoms. The van der Waals surface area contributed by atoms with E-state index in [2.05, 4.69) is 0 Å². The summed E-state index contributed by atoms with van der Waals surface area (Å²) in [6.45, 7) is 1.10. The summed E-state index contributed by atoms with van der Waals surface area (Å²) in [7, 11) is 0. The molecular formula is C23H25N3O6. The van der Waals surface area contributed by atoms with E-state index in [0.717, 1.165) is 5.56 Å². The zero-order valence-corrected chi connectivity index (χ0v) is 17.5. The lowest BCUT2D eigenvalue weighted by molar-refractivity contribution is -0.141. The van der Waals surface area contributed by atoms with E-state index in [-0.39, 0.29) is 42.4 Å². The Morgan fingerprint density at radius 1 is 1.16 bits per heavy atom. The van der Waals surface area contributed by atoms with Crippen LogP contribution < -0.4 is 5.56 Å². The van der Waals surface area contributed by atoms with E-state index in [0.29, 0.717) is 32.5 Å². The van der Waals surface area contributed by atoms with Crippen molar-refractivity contribution >= 4 is 18.3 Å². The maximum absolute atomic E-state index is 12.9. The van der Waals surface area contributed by atoms with E-state index in [4.69, 9.17) is 14.6 Å². The molecule has 9 nitrogen and oxygen atoms in total. The van der Waals surface area contributed by atoms with Crippen molar-refractivity contribution in [1.29, 1.82) is 0 Å². The maximum atomic E-state index is 12.9. The summed E-state index contributed by atoms with van der Waals surface area (Å²) < 4.78 is 7.78. The molecule has 9 heteroatoms. The van der Waals surface area contributed by atoms with Crippen LogP contribution in [0.15, 0.2) is 59.5 Å². The van der Waals surface area contributed by atoms with Gasteiger partial charge in [-0.3, -0.25) is 19.2 Å². The van der Waals surface area contributed by atoms with E-state index in [1.54, 1.807) is 23.2 Å². The van der Waals surface area contributed by atoms with Crippen LogP contribution in [-0.4, -0.2) is 62.7 Å². The van der Waals surface area contributed by atoms with E-state index < -0.39 is 5.72 Å². The van der Waals surface area contributed by atoms with E-state index in [1.807, 2.05) is 35.2 Å². The average Bonchev–Trinajstić information content (AvgIpc) is 3.43. The SMILES string of the molecule is O=C(CCn1ccccc1=O)N1CC[C@@]23OC[C@@H](c4ccccc4)N2C(=O)C[C@@H]13.O=CO. The first kappa shape index (κ1) is 21.8. The number of carbonyl (C=O) groups is 3. The number of hydrogen-bond acceptors (Lipinski definition) is 5. The van der Waals surface area contributed by atoms with Gasteiger partial charge in [-0.05, 0) is 11.6 Å². The molecule has 2 aromatic rings. The first-order valence-corrected chi connectivity index (χ1v) is 10.6. The Morgan fingerprint density at radius 3 is 2.59 bits per heavy atom. The van der Waals surface area contributed by atoms with E-state index in [9.17, 15) is 14.4 Å². The number of aryl methyl sites for hydroxylation is 1. The normalized spacial score (nSPS) is 25.7. The number of carboxylic acid groups (broad SMARTS) is 1. The van der Waals surface area contributed by atoms with Crippen molar-refractivity contribution in [2.45, 2.75) is 43.6 Å². The minimum absolute atomic E-state index is 0.0379. The molecule has 0 unspecified atom stereocenters. The van der Waals surface area contributed by atoms with Crippen LogP contribution >= 0.6 is 0 Å². The summed E-state index contributed by atoms with van der Waals surface area (Å²) in [5.41, 5.74) is 0.230. The second-order valence-electron chi connectivity index (χ2n) is 7.99. The highest BCUT2D eigenvalue weighted by Crippen LogP contribution is 2.51. The monoisotopic (exact) mass is 439 g/mol. The lowest BCUT2D eigenvalue weighted by Crippen LogP contribution is -2.49. The van der Waals surface area contributed by atoms with Crippen molar-refractivity contribution in [2.75, 3.05) is 13.2 Å². The van der Waals surface area contributed by atoms with Gasteiger partial charge in [0, 0.05) is 38.2 Å². The molecular weight excluding hydrogens is 414 g/mol. The smallest absolute Gasteiger partial charge is 0.290 e. The molecule has 0 radical (unpaired) electrons. The highest BCUT2D eigenvalue weighted by atomic mass is 16.5. The summed E-state index contributed by atoms with van der Waals surface area (Å²) in [5.74, 6) is 0.00201. The predicted octanol–water partition coefficient (Wildman–Crippen LogP) is 1.24. The fourth-order valence-electron chi connectivity index (χ4n) is 5.07. The number of likely N-dealkylation sites (tertiary alicyclic amines) is 1. The minimum atomic E-state index is -0.711. The third kappa shape index (κ3) is 3.69. The van der Waals surface area contributed by atoms with Gasteiger partial charge in [-0.2, -0.15) is 0 Å². The highest BCUT2D eigenvalue weighted by molar-refractivity contribution is 5.85. The second kappa shape index (κ2) is 8.96. The van der Waals surface area contributed by atoms with Crippen LogP contribution in [0.3, 0.4) is 0 Å². The largest absolute Gasteiger partial charge is 0.483 e. The second-order valence-corrected chi connectivity index (χ2v) is 7.99. The average molecular weight is 439 g/mol. The van der Waals surface area contributed by atoms with Crippen LogP contribution in [0.5, 0.6) is 0 Å². The third-order valence-electron chi connectivity index (χ3n) is 6.43. The third-order valence-corrected chi connectivity index (χ3v) is 6.43. The predicted molar refractivity (Wildman–Crippen MR) is 113 cm³/mol. The molecule has 0 aliphatic carbocycles. The summed E-state index contributed by atoms with van der Waals surface area (Å²) in [6.07, 6.45) is 2.84. The summed E-state index contributed by atoms with van der Waals surface area (Å²) in [5, 5.41) is 6.89. The van der Waals surface area contributed by atoms with Gasteiger partial charge in [-0.15, -0.1) is 0 Å². The van der Waals surface area contributed by atoms with Gasteiger partial charge >= 0.3 is 0 Å². The van der Waals surface area contributed by atoms with Gasteiger partial charge in [0.1, 0.15) is 0 Å². The van der Waals surface area contributed by atoms with Crippen LogP contribution in [0.2, 0.25) is 0 Å². The standard InChI is InChI=1S/C22H23N3O4.CH2O2/c26-19-8-4-5-11-23(19)12-9-20(27)24-13-10-22-18(24)14-21(28)25(22)17(15-29-22)16-6-2-1-3-7-16;2-1-3/h1-8,11,17-18H,9-10,12-15H2;1H,(H,2,3)/t17-,18+,22-;/m0./s1. The molecule has 5 rings (SSSR count). The lowest BCUT2D eigenvalue weighted by atomic mass is 10.0. The van der Waals surface area contributed by atoms with Gasteiger partial charge in [0.2, 0.25) is 11.8 Å². The molecule has 4 heterocycles. The molecule has 2 amide bonds. The van der Waals surface area contributed by atoms with Crippen molar-refractivity contribution < 1.29 is 24.2 Å². The number of carbonyl (C=O) groups excluding carboxylic acids is 2. The molecule has 1 aromatic heterocycles. The van der Waals surface area contributed by atoms with Gasteiger partial charge in [-0.1, -0.05) is 36.4 Å². The molecule has 3 fully saturated rings. The molecule has 1 aromatic carbocycles. The molecule has 3 aliphatic rings. The molecule has 0 bridgehead atoms. The summed E-state index contributed by atoms with van der Waals surface area (Å²) in [4.78, 5) is 49.7. The minimum Gasteiger partial charge on any atom is -0.483 e. The van der Waals surface area contributed by atoms with Crippen molar-refractivity contribution in [2.24, 2.45) is 0 Å². The molecule has 168 valence electrons. The number of benzene rings is 1. The van der Waals surface area contributed by atoms with Crippen LogP contribution in [0.25, 0.3) is 0 Å². The number of pyridine rings is 1. The summed E-state index contributed by atoms with van der Waals surface area (Å²) in [6, 6.07) is 14.5. The number of aromatic nitrogens is 1. The zero-order valence-electron chi connectivity index (χ0n) is 17.5. The fourth-order valence-corrected chi connectivity index (χ4v) is 5.07. The first-order chi connectivity index (χ1) is 15.5. The Labute approximate surface area is 184 Å². The Bertz CT molecular complexity index is 1050. The maximum Gasteiger partial charge on any atom is 0.290 e. The fraction of sp³-hybridized carbons (Fsp3) is 0.391. The summed E-state index contributed by atoms with van der Waals surface area (Å²) >= 11 is 0. The van der Waals surface area contributed by atoms with Crippen molar-refractivity contribution in [3.05, 3.63) is 70.6 Å². The highest BCUT2D eigenvalue weighted by Gasteiger charge is 2.65. The Hall–Kier alpha value is -3.46. The Morgan fingerprint density at radius 2 is 1.88 bits per heavy atom. The molecule has 0 saturated carbocycles. The van der Waals surface area contributed by atoms with Crippen LogP contribution in [0, 0.1) is 0 Å². The Balaban J connectivity index is 0.000000775. The topological polar surface area (TPSA) is 109 Å². The number of ether oxygens (including phenoxy) is 1. The van der Waals surface area contributed by atoms with Gasteiger partial charge < -0.3 is 24.2 Å². The van der Waals surface area contributed by atoms with Gasteiger partial charge in [0.25, 0.3) is 12.0 Å². The quantitative estimate of drug-likeness (QED) is 0.718. The van der Waals surface area contributed by atoms with Crippen molar-refractivity contribution in [3.8, 4) is 0 Å². The van der Waals surface area contributed by atoms with Crippen molar-refractivity contribution in [3.63, 3.8) is 0 Å². The van der Waals surface area contributed by atoms with Crippen LogP contribution in [0.1, 0.15) is 30.9 Å². The van der Waals surface area contributed by atoms with Gasteiger partial charge in [0.05, 0.1) is 25.1 Å². The molecule has 32 heavy (non-hydrogen) atoms. The van der Waals surface area contributed by atoms with Crippen LogP contribution in [-0.2, 0) is 25.7 Å². The molecule has 1 N–H and O–H groups in total. The van der Waals surface area contributed by atoms with Gasteiger partial charge in [0.15, 0.2) is 5.72 Å². The van der Waals surface area contributed by atoms with Gasteiger partial charge in [-0.25, -0.2) is 0 Å². The van der Waals surface area contributed by atoms with Crippen molar-refractivity contribution in [1.82, 2.24) is 14.4 Å². The lowest BCUT2D eigenvalue weighted by Gasteiger charge is -2.33. The number of hydrogen-bond donors (Lipinski definition) is 1. The molecule has 3 saturated heterocycles. The zero-order chi connectivity index (χ0) is 22.7. The van der Waals surface area contributed by atoms with Crippen LogP contribution in [0.4, 0.5) is 0 Å². The molecule has 3 aliphatic heterocycles. The number of amides is 2. The number of nitrogens with zero attached hydrogens (tertiary/aromatic N) is 3. The van der Waals surface area contributed by atoms with E-state index in [1.165, 1.54) is 10.6 Å².